The molecule has 1 atom stereocenters. The largest absolute Gasteiger partial charge is 0.462 e. The number of carbonyl (C=O) groups excluding carboxylic acids is 3. The van der Waals surface area contributed by atoms with Crippen molar-refractivity contribution < 1.29 is 23.9 Å². The maximum absolute atomic E-state index is 12.6. The Morgan fingerprint density at radius 3 is 2.62 bits per heavy atom. The van der Waals surface area contributed by atoms with Gasteiger partial charge in [0.1, 0.15) is 5.41 Å². The van der Waals surface area contributed by atoms with Gasteiger partial charge in [-0.05, 0) is 45.7 Å². The summed E-state index contributed by atoms with van der Waals surface area (Å²) in [6, 6.07) is 6.55. The normalized spacial score (nSPS) is 16.8. The maximum atomic E-state index is 12.6. The minimum Gasteiger partial charge on any atom is -0.462 e. The maximum Gasteiger partial charge on any atom is 0.340 e. The lowest BCUT2D eigenvalue weighted by Gasteiger charge is -2.24. The molecule has 1 fully saturated rings. The zero-order valence-corrected chi connectivity index (χ0v) is 15.5. The Bertz CT molecular complexity index is 666. The standard InChI is InChI=1S/C19H26N2O5/c1-4-25-16(22)14-9-5-6-10-15(14)21-18(24)19(2,3)17(23)20-12-13-8-7-11-26-13/h5-6,9-10,13H,4,7-8,11-12H2,1-3H3,(H,20,23)(H,21,24). The lowest BCUT2D eigenvalue weighted by atomic mass is 9.90. The van der Waals surface area contributed by atoms with E-state index in [4.69, 9.17) is 9.47 Å². The Balaban J connectivity index is 2.03. The first-order valence-electron chi connectivity index (χ1n) is 8.83. The molecule has 142 valence electrons. The number of para-hydroxylation sites is 1. The van der Waals surface area contributed by atoms with E-state index in [-0.39, 0.29) is 24.2 Å². The highest BCUT2D eigenvalue weighted by atomic mass is 16.5. The van der Waals surface area contributed by atoms with Crippen LogP contribution < -0.4 is 10.6 Å². The topological polar surface area (TPSA) is 93.7 Å². The van der Waals surface area contributed by atoms with Crippen LogP contribution in [0.4, 0.5) is 5.69 Å². The van der Waals surface area contributed by atoms with Crippen LogP contribution in [0.1, 0.15) is 44.0 Å². The van der Waals surface area contributed by atoms with Gasteiger partial charge in [-0.1, -0.05) is 12.1 Å². The molecule has 2 N–H and O–H groups in total. The summed E-state index contributed by atoms with van der Waals surface area (Å²) < 4.78 is 10.5. The molecule has 2 rings (SSSR count). The van der Waals surface area contributed by atoms with Crippen LogP contribution >= 0.6 is 0 Å². The molecule has 0 aromatic heterocycles. The lowest BCUT2D eigenvalue weighted by molar-refractivity contribution is -0.138. The van der Waals surface area contributed by atoms with E-state index in [1.807, 2.05) is 0 Å². The van der Waals surface area contributed by atoms with Crippen LogP contribution in [0.3, 0.4) is 0 Å². The number of carbonyl (C=O) groups is 3. The molecule has 1 aliphatic rings. The van der Waals surface area contributed by atoms with Crippen molar-refractivity contribution in [3.8, 4) is 0 Å². The predicted octanol–water partition coefficient (Wildman–Crippen LogP) is 2.12. The zero-order chi connectivity index (χ0) is 19.2. The molecular weight excluding hydrogens is 336 g/mol. The summed E-state index contributed by atoms with van der Waals surface area (Å²) in [5.74, 6) is -1.41. The molecular formula is C19H26N2O5. The lowest BCUT2D eigenvalue weighted by Crippen LogP contribution is -2.47. The van der Waals surface area contributed by atoms with Gasteiger partial charge in [-0.25, -0.2) is 4.79 Å². The quantitative estimate of drug-likeness (QED) is 0.572. The number of ether oxygens (including phenoxy) is 2. The fourth-order valence-corrected chi connectivity index (χ4v) is 2.59. The number of nitrogens with one attached hydrogen (secondary N) is 2. The van der Waals surface area contributed by atoms with Gasteiger partial charge < -0.3 is 20.1 Å². The molecule has 0 spiro atoms. The van der Waals surface area contributed by atoms with Crippen LogP contribution in [0.5, 0.6) is 0 Å². The van der Waals surface area contributed by atoms with Crippen LogP contribution in [-0.2, 0) is 19.1 Å². The van der Waals surface area contributed by atoms with E-state index in [9.17, 15) is 14.4 Å². The molecule has 26 heavy (non-hydrogen) atoms. The Morgan fingerprint density at radius 1 is 1.23 bits per heavy atom. The molecule has 2 amide bonds. The molecule has 1 aromatic rings. The average Bonchev–Trinajstić information content (AvgIpc) is 3.13. The molecule has 0 radical (unpaired) electrons. The number of amides is 2. The smallest absolute Gasteiger partial charge is 0.340 e. The summed E-state index contributed by atoms with van der Waals surface area (Å²) in [4.78, 5) is 37.1. The third-order valence-electron chi connectivity index (χ3n) is 4.32. The summed E-state index contributed by atoms with van der Waals surface area (Å²) in [6.07, 6.45) is 1.89. The molecule has 1 saturated heterocycles. The Morgan fingerprint density at radius 2 is 1.96 bits per heavy atom. The Hall–Kier alpha value is -2.41. The SMILES string of the molecule is CCOC(=O)c1ccccc1NC(=O)C(C)(C)C(=O)NCC1CCCO1. The second-order valence-electron chi connectivity index (χ2n) is 6.69. The molecule has 0 aliphatic carbocycles. The molecule has 1 heterocycles. The molecule has 1 aromatic carbocycles. The predicted molar refractivity (Wildman–Crippen MR) is 96.8 cm³/mol. The van der Waals surface area contributed by atoms with Crippen LogP contribution in [0, 0.1) is 5.41 Å². The van der Waals surface area contributed by atoms with Gasteiger partial charge in [0.15, 0.2) is 0 Å². The number of anilines is 1. The van der Waals surface area contributed by atoms with Crippen molar-refractivity contribution >= 4 is 23.5 Å². The number of hydrogen-bond donors (Lipinski definition) is 2. The zero-order valence-electron chi connectivity index (χ0n) is 15.5. The van der Waals surface area contributed by atoms with Crippen LogP contribution in [0.2, 0.25) is 0 Å². The fraction of sp³-hybridized carbons (Fsp3) is 0.526. The van der Waals surface area contributed by atoms with Gasteiger partial charge in [0, 0.05) is 13.2 Å². The van der Waals surface area contributed by atoms with E-state index in [1.165, 1.54) is 0 Å². The molecule has 7 heteroatoms. The van der Waals surface area contributed by atoms with Gasteiger partial charge in [-0.3, -0.25) is 9.59 Å². The summed E-state index contributed by atoms with van der Waals surface area (Å²) >= 11 is 0. The van der Waals surface area contributed by atoms with Gasteiger partial charge >= 0.3 is 5.97 Å². The Labute approximate surface area is 153 Å². The average molecular weight is 362 g/mol. The van der Waals surface area contributed by atoms with Crippen molar-refractivity contribution in [2.24, 2.45) is 5.41 Å². The monoisotopic (exact) mass is 362 g/mol. The molecule has 7 nitrogen and oxygen atoms in total. The summed E-state index contributed by atoms with van der Waals surface area (Å²) in [5.41, 5.74) is -0.741. The van der Waals surface area contributed by atoms with Crippen molar-refractivity contribution in [3.05, 3.63) is 29.8 Å². The first-order valence-corrected chi connectivity index (χ1v) is 8.83. The highest BCUT2D eigenvalue weighted by Gasteiger charge is 2.37. The van der Waals surface area contributed by atoms with Crippen molar-refractivity contribution in [2.45, 2.75) is 39.7 Å². The second-order valence-corrected chi connectivity index (χ2v) is 6.69. The molecule has 0 bridgehead atoms. The minimum atomic E-state index is -1.31. The number of hydrogen-bond acceptors (Lipinski definition) is 5. The second kappa shape index (κ2) is 8.80. The number of benzene rings is 1. The third kappa shape index (κ3) is 4.82. The van der Waals surface area contributed by atoms with E-state index < -0.39 is 17.3 Å². The third-order valence-corrected chi connectivity index (χ3v) is 4.32. The van der Waals surface area contributed by atoms with E-state index in [1.54, 1.807) is 45.0 Å². The summed E-state index contributed by atoms with van der Waals surface area (Å²) in [7, 11) is 0. The molecule has 1 aliphatic heterocycles. The summed E-state index contributed by atoms with van der Waals surface area (Å²) in [5, 5.41) is 5.44. The van der Waals surface area contributed by atoms with E-state index in [0.29, 0.717) is 18.8 Å². The van der Waals surface area contributed by atoms with Gasteiger partial charge in [0.05, 0.1) is 24.0 Å². The van der Waals surface area contributed by atoms with E-state index in [0.717, 1.165) is 12.8 Å². The molecule has 1 unspecified atom stereocenters. The van der Waals surface area contributed by atoms with Gasteiger partial charge in [0.25, 0.3) is 0 Å². The highest BCUT2D eigenvalue weighted by Crippen LogP contribution is 2.22. The first-order chi connectivity index (χ1) is 12.4. The van der Waals surface area contributed by atoms with Crippen LogP contribution in [0.25, 0.3) is 0 Å². The fourth-order valence-electron chi connectivity index (χ4n) is 2.59. The first kappa shape index (κ1) is 19.9. The number of esters is 1. The minimum absolute atomic E-state index is 0.00218. The van der Waals surface area contributed by atoms with Gasteiger partial charge in [-0.15, -0.1) is 0 Å². The van der Waals surface area contributed by atoms with Crippen molar-refractivity contribution in [3.63, 3.8) is 0 Å². The van der Waals surface area contributed by atoms with Crippen molar-refractivity contribution in [1.82, 2.24) is 5.32 Å². The van der Waals surface area contributed by atoms with Gasteiger partial charge in [0.2, 0.25) is 11.8 Å². The van der Waals surface area contributed by atoms with E-state index in [2.05, 4.69) is 10.6 Å². The molecule has 0 saturated carbocycles. The highest BCUT2D eigenvalue weighted by molar-refractivity contribution is 6.11. The summed E-state index contributed by atoms with van der Waals surface area (Å²) in [6.45, 7) is 6.11. The van der Waals surface area contributed by atoms with Crippen LogP contribution in [-0.4, -0.2) is 43.6 Å². The Kier molecular flexibility index (Phi) is 6.74. The van der Waals surface area contributed by atoms with E-state index >= 15 is 0 Å². The number of rotatable bonds is 7. The van der Waals surface area contributed by atoms with Gasteiger partial charge in [-0.2, -0.15) is 0 Å². The van der Waals surface area contributed by atoms with Crippen molar-refractivity contribution in [1.29, 1.82) is 0 Å². The van der Waals surface area contributed by atoms with Crippen molar-refractivity contribution in [2.75, 3.05) is 25.1 Å². The van der Waals surface area contributed by atoms with Crippen LogP contribution in [0.15, 0.2) is 24.3 Å².